The molecule has 0 aromatic carbocycles. The fraction of sp³-hybridized carbons (Fsp3) is 0.250. The van der Waals surface area contributed by atoms with E-state index in [1.807, 2.05) is 0 Å². The van der Waals surface area contributed by atoms with Crippen LogP contribution < -0.4 is 0 Å². The molecule has 0 saturated heterocycles. The van der Waals surface area contributed by atoms with Crippen LogP contribution in [-0.2, 0) is 13.1 Å². The first-order valence-electron chi connectivity index (χ1n) is 4.86. The first kappa shape index (κ1) is 11.7. The van der Waals surface area contributed by atoms with Crippen molar-refractivity contribution in [2.24, 2.45) is 0 Å². The molecule has 0 fully saturated rings. The lowest BCUT2D eigenvalue weighted by Gasteiger charge is -1.99. The van der Waals surface area contributed by atoms with Crippen molar-refractivity contribution in [1.29, 1.82) is 0 Å². The van der Waals surface area contributed by atoms with E-state index < -0.39 is 10.9 Å². The molecule has 0 amide bonds. The molecular weight excluding hydrogens is 244 g/mol. The molecule has 2 aromatic rings. The molecule has 10 nitrogen and oxygen atoms in total. The van der Waals surface area contributed by atoms with Crippen LogP contribution in [0.3, 0.4) is 0 Å². The van der Waals surface area contributed by atoms with Crippen LogP contribution in [0.25, 0.3) is 0 Å². The van der Waals surface area contributed by atoms with Crippen LogP contribution in [0.5, 0.6) is 0 Å². The second kappa shape index (κ2) is 4.61. The number of aryl methyl sites for hydroxylation is 2. The number of nitro groups is 1. The Hall–Kier alpha value is -2.78. The lowest BCUT2D eigenvalue weighted by atomic mass is 10.5. The second-order valence-corrected chi connectivity index (χ2v) is 3.40. The number of rotatable bonds is 5. The summed E-state index contributed by atoms with van der Waals surface area (Å²) in [5.41, 5.74) is -0.147. The molecule has 0 aliphatic carbocycles. The molecular formula is C8H8N6O4. The highest BCUT2D eigenvalue weighted by molar-refractivity contribution is 5.84. The number of imidazole rings is 1. The summed E-state index contributed by atoms with van der Waals surface area (Å²) < 4.78 is 2.86. The van der Waals surface area contributed by atoms with Crippen LogP contribution in [0.15, 0.2) is 18.7 Å². The van der Waals surface area contributed by atoms with E-state index in [9.17, 15) is 14.9 Å². The number of aromatic carboxylic acids is 1. The number of hydrogen-bond donors (Lipinski definition) is 1. The summed E-state index contributed by atoms with van der Waals surface area (Å²) in [6, 6.07) is 0. The number of hydrogen-bond acceptors (Lipinski definition) is 6. The standard InChI is InChI=1S/C8H8N6O4/c15-8(16)6-3-13(11-10-6)2-1-12-4-7(9-5-12)14(17)18/h3-5H,1-2H2,(H,15,16). The zero-order valence-corrected chi connectivity index (χ0v) is 9.00. The number of carbonyl (C=O) groups is 1. The van der Waals surface area contributed by atoms with Crippen molar-refractivity contribution in [1.82, 2.24) is 24.5 Å². The Labute approximate surface area is 99.6 Å². The number of carboxylic acid groups (broad SMARTS) is 1. The highest BCUT2D eigenvalue weighted by Crippen LogP contribution is 2.05. The first-order chi connectivity index (χ1) is 8.56. The molecule has 0 aliphatic heterocycles. The Bertz CT molecular complexity index is 536. The van der Waals surface area contributed by atoms with Gasteiger partial charge >= 0.3 is 11.8 Å². The second-order valence-electron chi connectivity index (χ2n) is 3.40. The average Bonchev–Trinajstić information content (AvgIpc) is 2.95. The van der Waals surface area contributed by atoms with Gasteiger partial charge in [-0.3, -0.25) is 0 Å². The number of aromatic nitrogens is 5. The molecule has 0 atom stereocenters. The van der Waals surface area contributed by atoms with E-state index in [1.165, 1.54) is 28.0 Å². The van der Waals surface area contributed by atoms with Crippen LogP contribution in [0.1, 0.15) is 10.5 Å². The van der Waals surface area contributed by atoms with Crippen LogP contribution in [0.2, 0.25) is 0 Å². The Morgan fingerprint density at radius 2 is 2.22 bits per heavy atom. The summed E-state index contributed by atoms with van der Waals surface area (Å²) in [5.74, 6) is -1.39. The molecule has 18 heavy (non-hydrogen) atoms. The monoisotopic (exact) mass is 252 g/mol. The normalized spacial score (nSPS) is 10.4. The Morgan fingerprint density at radius 1 is 1.44 bits per heavy atom. The third-order valence-electron chi connectivity index (χ3n) is 2.15. The minimum Gasteiger partial charge on any atom is -0.476 e. The van der Waals surface area contributed by atoms with Gasteiger partial charge in [0, 0.05) is 6.54 Å². The lowest BCUT2D eigenvalue weighted by Crippen LogP contribution is -2.06. The molecule has 10 heteroatoms. The molecule has 0 saturated carbocycles. The van der Waals surface area contributed by atoms with E-state index in [-0.39, 0.29) is 11.5 Å². The molecule has 2 rings (SSSR count). The largest absolute Gasteiger partial charge is 0.476 e. The molecule has 94 valence electrons. The summed E-state index contributed by atoms with van der Waals surface area (Å²) in [5, 5.41) is 26.1. The maximum absolute atomic E-state index is 10.6. The minimum atomic E-state index is -1.15. The molecule has 0 radical (unpaired) electrons. The summed E-state index contributed by atoms with van der Waals surface area (Å²) in [7, 11) is 0. The van der Waals surface area contributed by atoms with Crippen molar-refractivity contribution in [3.8, 4) is 0 Å². The Balaban J connectivity index is 1.97. The maximum Gasteiger partial charge on any atom is 0.381 e. The van der Waals surface area contributed by atoms with Crippen LogP contribution in [0, 0.1) is 10.1 Å². The van der Waals surface area contributed by atoms with Gasteiger partial charge in [-0.05, 0) is 9.91 Å². The van der Waals surface area contributed by atoms with Crippen molar-refractivity contribution >= 4 is 11.8 Å². The van der Waals surface area contributed by atoms with E-state index in [0.29, 0.717) is 13.1 Å². The average molecular weight is 252 g/mol. The Kier molecular flexibility index (Phi) is 3.00. The third kappa shape index (κ3) is 2.48. The van der Waals surface area contributed by atoms with E-state index in [0.717, 1.165) is 0 Å². The smallest absolute Gasteiger partial charge is 0.381 e. The van der Waals surface area contributed by atoms with Gasteiger partial charge in [-0.1, -0.05) is 5.21 Å². The van der Waals surface area contributed by atoms with Gasteiger partial charge in [0.2, 0.25) is 6.33 Å². The van der Waals surface area contributed by atoms with Crippen molar-refractivity contribution in [3.05, 3.63) is 34.5 Å². The zero-order chi connectivity index (χ0) is 13.1. The van der Waals surface area contributed by atoms with Crippen molar-refractivity contribution in [2.75, 3.05) is 0 Å². The predicted octanol–water partition coefficient (Wildman–Crippen LogP) is -0.219. The van der Waals surface area contributed by atoms with E-state index in [2.05, 4.69) is 15.3 Å². The molecule has 2 heterocycles. The van der Waals surface area contributed by atoms with Gasteiger partial charge in [0.15, 0.2) is 5.69 Å². The predicted molar refractivity (Wildman–Crippen MR) is 55.9 cm³/mol. The summed E-state index contributed by atoms with van der Waals surface area (Å²) in [6.07, 6.45) is 3.90. The van der Waals surface area contributed by atoms with Crippen molar-refractivity contribution in [3.63, 3.8) is 0 Å². The van der Waals surface area contributed by atoms with E-state index >= 15 is 0 Å². The fourth-order valence-corrected chi connectivity index (χ4v) is 1.29. The van der Waals surface area contributed by atoms with Crippen molar-refractivity contribution in [2.45, 2.75) is 13.1 Å². The van der Waals surface area contributed by atoms with E-state index in [4.69, 9.17) is 5.11 Å². The summed E-state index contributed by atoms with van der Waals surface area (Å²) in [6.45, 7) is 0.719. The summed E-state index contributed by atoms with van der Waals surface area (Å²) in [4.78, 5) is 24.0. The van der Waals surface area contributed by atoms with Gasteiger partial charge in [-0.25, -0.2) is 9.48 Å². The van der Waals surface area contributed by atoms with Gasteiger partial charge in [0.25, 0.3) is 0 Å². The highest BCUT2D eigenvalue weighted by Gasteiger charge is 2.11. The quantitative estimate of drug-likeness (QED) is 0.575. The lowest BCUT2D eigenvalue weighted by molar-refractivity contribution is -0.389. The molecule has 0 bridgehead atoms. The minimum absolute atomic E-state index is 0.147. The molecule has 1 N–H and O–H groups in total. The van der Waals surface area contributed by atoms with Crippen LogP contribution >= 0.6 is 0 Å². The molecule has 0 unspecified atom stereocenters. The third-order valence-corrected chi connectivity index (χ3v) is 2.15. The zero-order valence-electron chi connectivity index (χ0n) is 9.00. The van der Waals surface area contributed by atoms with Crippen LogP contribution in [0.4, 0.5) is 5.82 Å². The SMILES string of the molecule is O=C(O)c1cn(CCn2cnc([N+](=O)[O-])c2)nn1. The fourth-order valence-electron chi connectivity index (χ4n) is 1.29. The highest BCUT2D eigenvalue weighted by atomic mass is 16.6. The van der Waals surface area contributed by atoms with Crippen molar-refractivity contribution < 1.29 is 14.8 Å². The van der Waals surface area contributed by atoms with Gasteiger partial charge in [-0.15, -0.1) is 5.10 Å². The molecule has 0 spiro atoms. The Morgan fingerprint density at radius 3 is 2.78 bits per heavy atom. The number of carboxylic acids is 1. The first-order valence-corrected chi connectivity index (χ1v) is 4.86. The van der Waals surface area contributed by atoms with Gasteiger partial charge < -0.3 is 19.8 Å². The van der Waals surface area contributed by atoms with Gasteiger partial charge in [0.05, 0.1) is 12.7 Å². The van der Waals surface area contributed by atoms with Gasteiger partial charge in [0.1, 0.15) is 6.20 Å². The molecule has 2 aromatic heterocycles. The number of nitrogens with zero attached hydrogens (tertiary/aromatic N) is 6. The van der Waals surface area contributed by atoms with Gasteiger partial charge in [-0.2, -0.15) is 0 Å². The molecule has 0 aliphatic rings. The maximum atomic E-state index is 10.6. The summed E-state index contributed by atoms with van der Waals surface area (Å²) >= 11 is 0. The van der Waals surface area contributed by atoms with E-state index in [1.54, 1.807) is 0 Å². The topological polar surface area (TPSA) is 129 Å². The van der Waals surface area contributed by atoms with Crippen LogP contribution in [-0.4, -0.2) is 40.5 Å².